The summed E-state index contributed by atoms with van der Waals surface area (Å²) in [6.45, 7) is 1.95. The summed E-state index contributed by atoms with van der Waals surface area (Å²) >= 11 is 5.80. The lowest BCUT2D eigenvalue weighted by Crippen LogP contribution is -2.22. The summed E-state index contributed by atoms with van der Waals surface area (Å²) in [7, 11) is 0. The van der Waals surface area contributed by atoms with Crippen molar-refractivity contribution in [2.45, 2.75) is 19.1 Å². The Balaban J connectivity index is 2.07. The minimum Gasteiger partial charge on any atom is -0.392 e. The molecule has 2 rings (SSSR count). The maximum Gasteiger partial charge on any atom is 0.127 e. The second-order valence-corrected chi connectivity index (χ2v) is 4.35. The predicted molar refractivity (Wildman–Crippen MR) is 57.3 cm³/mol. The van der Waals surface area contributed by atoms with E-state index in [1.165, 1.54) is 6.07 Å². The highest BCUT2D eigenvalue weighted by Crippen LogP contribution is 2.19. The monoisotopic (exact) mass is 229 g/mol. The maximum absolute atomic E-state index is 13.4. The van der Waals surface area contributed by atoms with Crippen LogP contribution in [0.3, 0.4) is 0 Å². The van der Waals surface area contributed by atoms with E-state index >= 15 is 0 Å². The molecular weight excluding hydrogens is 217 g/mol. The molecule has 0 aromatic heterocycles. The van der Waals surface area contributed by atoms with Gasteiger partial charge in [-0.3, -0.25) is 4.90 Å². The van der Waals surface area contributed by atoms with E-state index in [9.17, 15) is 9.50 Å². The van der Waals surface area contributed by atoms with Crippen molar-refractivity contribution in [2.24, 2.45) is 0 Å². The van der Waals surface area contributed by atoms with E-state index in [1.807, 2.05) is 4.90 Å². The first kappa shape index (κ1) is 10.9. The van der Waals surface area contributed by atoms with Crippen LogP contribution < -0.4 is 0 Å². The first-order valence-corrected chi connectivity index (χ1v) is 5.37. The molecule has 0 amide bonds. The Morgan fingerprint density at radius 2 is 2.33 bits per heavy atom. The predicted octanol–water partition coefficient (Wildman–Crippen LogP) is 2.05. The molecule has 0 aliphatic carbocycles. The fourth-order valence-corrected chi connectivity index (χ4v) is 2.06. The van der Waals surface area contributed by atoms with Gasteiger partial charge in [0.15, 0.2) is 0 Å². The Hall–Kier alpha value is -0.640. The Morgan fingerprint density at radius 1 is 1.53 bits per heavy atom. The molecule has 1 saturated heterocycles. The van der Waals surface area contributed by atoms with E-state index < -0.39 is 0 Å². The highest BCUT2D eigenvalue weighted by atomic mass is 35.5. The quantitative estimate of drug-likeness (QED) is 0.839. The molecule has 1 N–H and O–H groups in total. The number of aliphatic hydroxyl groups excluding tert-OH is 1. The number of β-amino-alcohol motifs (C(OH)–C–C–N with tert-alkyl or cyclic N) is 1. The van der Waals surface area contributed by atoms with Gasteiger partial charge < -0.3 is 5.11 Å². The first-order chi connectivity index (χ1) is 7.15. The topological polar surface area (TPSA) is 23.5 Å². The molecule has 1 atom stereocenters. The zero-order valence-corrected chi connectivity index (χ0v) is 9.04. The van der Waals surface area contributed by atoms with Crippen molar-refractivity contribution in [1.82, 2.24) is 4.90 Å². The van der Waals surface area contributed by atoms with Crippen LogP contribution >= 0.6 is 11.6 Å². The molecule has 0 unspecified atom stereocenters. The number of halogens is 2. The third-order valence-corrected chi connectivity index (χ3v) is 2.88. The zero-order valence-electron chi connectivity index (χ0n) is 8.29. The summed E-state index contributed by atoms with van der Waals surface area (Å²) in [4.78, 5) is 2.03. The molecule has 0 saturated carbocycles. The first-order valence-electron chi connectivity index (χ1n) is 4.99. The van der Waals surface area contributed by atoms with Crippen LogP contribution in [-0.2, 0) is 6.54 Å². The average Bonchev–Trinajstić information content (AvgIpc) is 2.58. The van der Waals surface area contributed by atoms with Crippen LogP contribution in [0.15, 0.2) is 18.2 Å². The zero-order chi connectivity index (χ0) is 10.8. The fourth-order valence-electron chi connectivity index (χ4n) is 1.86. The third kappa shape index (κ3) is 2.68. The van der Waals surface area contributed by atoms with Crippen molar-refractivity contribution >= 4 is 11.6 Å². The smallest absolute Gasteiger partial charge is 0.127 e. The summed E-state index contributed by atoms with van der Waals surface area (Å²) in [5.41, 5.74) is 0.594. The molecule has 1 aliphatic heterocycles. The van der Waals surface area contributed by atoms with Gasteiger partial charge in [-0.05, 0) is 24.6 Å². The van der Waals surface area contributed by atoms with Crippen LogP contribution in [0.1, 0.15) is 12.0 Å². The molecule has 1 heterocycles. The number of hydrogen-bond donors (Lipinski definition) is 1. The highest BCUT2D eigenvalue weighted by molar-refractivity contribution is 6.30. The van der Waals surface area contributed by atoms with Gasteiger partial charge in [0.25, 0.3) is 0 Å². The molecule has 15 heavy (non-hydrogen) atoms. The average molecular weight is 230 g/mol. The van der Waals surface area contributed by atoms with Crippen LogP contribution in [0, 0.1) is 5.82 Å². The van der Waals surface area contributed by atoms with Crippen molar-refractivity contribution in [1.29, 1.82) is 0 Å². The van der Waals surface area contributed by atoms with Crippen LogP contribution in [0.5, 0.6) is 0 Å². The van der Waals surface area contributed by atoms with Gasteiger partial charge in [-0.15, -0.1) is 0 Å². The Morgan fingerprint density at radius 3 is 3.00 bits per heavy atom. The molecular formula is C11H13ClFNO. The summed E-state index contributed by atoms with van der Waals surface area (Å²) < 4.78 is 13.4. The van der Waals surface area contributed by atoms with Gasteiger partial charge in [0, 0.05) is 30.2 Å². The highest BCUT2D eigenvalue weighted by Gasteiger charge is 2.20. The number of benzene rings is 1. The molecule has 1 aromatic rings. The van der Waals surface area contributed by atoms with E-state index in [-0.39, 0.29) is 11.9 Å². The Labute approximate surface area is 93.3 Å². The van der Waals surface area contributed by atoms with Gasteiger partial charge in [0.1, 0.15) is 5.82 Å². The lowest BCUT2D eigenvalue weighted by molar-refractivity contribution is 0.174. The van der Waals surface area contributed by atoms with E-state index in [1.54, 1.807) is 12.1 Å². The fraction of sp³-hybridized carbons (Fsp3) is 0.455. The normalized spacial score (nSPS) is 22.2. The Kier molecular flexibility index (Phi) is 3.24. The molecule has 1 fully saturated rings. The second kappa shape index (κ2) is 4.47. The largest absolute Gasteiger partial charge is 0.392 e. The molecule has 1 aliphatic rings. The number of aliphatic hydroxyl groups is 1. The van der Waals surface area contributed by atoms with Crippen molar-refractivity contribution in [3.8, 4) is 0 Å². The molecule has 2 nitrogen and oxygen atoms in total. The van der Waals surface area contributed by atoms with Gasteiger partial charge in [0.05, 0.1) is 6.10 Å². The second-order valence-electron chi connectivity index (χ2n) is 3.91. The lowest BCUT2D eigenvalue weighted by atomic mass is 10.2. The van der Waals surface area contributed by atoms with E-state index in [0.29, 0.717) is 23.7 Å². The third-order valence-electron chi connectivity index (χ3n) is 2.65. The van der Waals surface area contributed by atoms with Crippen molar-refractivity contribution in [3.05, 3.63) is 34.6 Å². The minimum atomic E-state index is -0.271. The van der Waals surface area contributed by atoms with Crippen molar-refractivity contribution in [3.63, 3.8) is 0 Å². The summed E-state index contributed by atoms with van der Waals surface area (Å²) in [5, 5.41) is 9.89. The van der Waals surface area contributed by atoms with E-state index in [0.717, 1.165) is 13.0 Å². The molecule has 0 radical (unpaired) electrons. The van der Waals surface area contributed by atoms with Crippen molar-refractivity contribution < 1.29 is 9.50 Å². The van der Waals surface area contributed by atoms with E-state index in [2.05, 4.69) is 0 Å². The van der Waals surface area contributed by atoms with Crippen molar-refractivity contribution in [2.75, 3.05) is 13.1 Å². The maximum atomic E-state index is 13.4. The minimum absolute atomic E-state index is 0.235. The molecule has 0 bridgehead atoms. The van der Waals surface area contributed by atoms with Crippen LogP contribution in [0.2, 0.25) is 5.02 Å². The van der Waals surface area contributed by atoms with Crippen LogP contribution in [0.4, 0.5) is 4.39 Å². The number of nitrogens with zero attached hydrogens (tertiary/aromatic N) is 1. The van der Waals surface area contributed by atoms with E-state index in [4.69, 9.17) is 11.6 Å². The number of likely N-dealkylation sites (tertiary alicyclic amines) is 1. The number of hydrogen-bond acceptors (Lipinski definition) is 2. The Bertz CT molecular complexity index is 358. The van der Waals surface area contributed by atoms with Crippen LogP contribution in [-0.4, -0.2) is 29.2 Å². The van der Waals surface area contributed by atoms with Gasteiger partial charge in [-0.1, -0.05) is 11.6 Å². The van der Waals surface area contributed by atoms with Crippen LogP contribution in [0.25, 0.3) is 0 Å². The summed E-state index contributed by atoms with van der Waals surface area (Å²) in [6.07, 6.45) is 0.495. The summed E-state index contributed by atoms with van der Waals surface area (Å²) in [6, 6.07) is 4.56. The SMILES string of the molecule is O[C@@H]1CCN(Cc2cc(Cl)ccc2F)C1. The molecule has 4 heteroatoms. The lowest BCUT2D eigenvalue weighted by Gasteiger charge is -2.15. The van der Waals surface area contributed by atoms with Gasteiger partial charge in [0.2, 0.25) is 0 Å². The molecule has 82 valence electrons. The molecule has 0 spiro atoms. The van der Waals surface area contributed by atoms with Gasteiger partial charge >= 0.3 is 0 Å². The van der Waals surface area contributed by atoms with Gasteiger partial charge in [-0.25, -0.2) is 4.39 Å². The standard InChI is InChI=1S/C11H13ClFNO/c12-9-1-2-11(13)8(5-9)6-14-4-3-10(15)7-14/h1-2,5,10,15H,3-4,6-7H2/t10-/m1/s1. The summed E-state index contributed by atoms with van der Waals surface area (Å²) in [5.74, 6) is -0.235. The molecule has 1 aromatic carbocycles. The number of rotatable bonds is 2. The van der Waals surface area contributed by atoms with Gasteiger partial charge in [-0.2, -0.15) is 0 Å².